The molecule has 0 N–H and O–H groups in total. The molecule has 1 fully saturated rings. The van der Waals surface area contributed by atoms with Crippen molar-refractivity contribution in [2.45, 2.75) is 77.3 Å². The van der Waals surface area contributed by atoms with E-state index in [1.807, 2.05) is 26.8 Å². The van der Waals surface area contributed by atoms with E-state index in [-0.39, 0.29) is 37.0 Å². The number of hydrogen-bond acceptors (Lipinski definition) is 8. The molecule has 0 bridgehead atoms. The average molecular weight is 420 g/mol. The van der Waals surface area contributed by atoms with Gasteiger partial charge < -0.3 is 18.9 Å². The average Bonchev–Trinajstić information content (AvgIpc) is 3.20. The van der Waals surface area contributed by atoms with Crippen LogP contribution in [0.15, 0.2) is 22.8 Å². The van der Waals surface area contributed by atoms with E-state index < -0.39 is 35.7 Å². The Morgan fingerprint density at radius 2 is 2.10 bits per heavy atom. The molecule has 164 valence electrons. The first-order valence-electron chi connectivity index (χ1n) is 10.2. The number of allylic oxidation sites excluding steroid dienone is 1. The van der Waals surface area contributed by atoms with Crippen LogP contribution >= 0.6 is 0 Å². The van der Waals surface area contributed by atoms with Crippen molar-refractivity contribution in [1.82, 2.24) is 0 Å². The van der Waals surface area contributed by atoms with Gasteiger partial charge in [-0.15, -0.1) is 0 Å². The Balaban J connectivity index is 2.03. The van der Waals surface area contributed by atoms with Crippen LogP contribution in [-0.4, -0.2) is 54.7 Å². The molecule has 0 aromatic carbocycles. The van der Waals surface area contributed by atoms with Crippen molar-refractivity contribution < 1.29 is 38.1 Å². The van der Waals surface area contributed by atoms with E-state index in [4.69, 9.17) is 18.9 Å². The lowest BCUT2D eigenvalue weighted by atomic mass is 9.87. The van der Waals surface area contributed by atoms with Crippen LogP contribution in [0.5, 0.6) is 0 Å². The second-order valence-corrected chi connectivity index (χ2v) is 8.61. The number of esters is 3. The summed E-state index contributed by atoms with van der Waals surface area (Å²) in [6.07, 6.45) is 2.10. The second kappa shape index (κ2) is 8.71. The number of rotatable bonds is 6. The third kappa shape index (κ3) is 4.80. The standard InChI is InChI=1S/C22H28O8/c1-12(2)8-17(25)28-16-9-14(10-23)6-5-7-22(4)20(30-22)19-18(16)15(21(26)29-19)11-27-13(3)24/h6,10,12,16,19-20H,5,7-9,11H2,1-4H3. The molecule has 3 aliphatic rings. The molecular weight excluding hydrogens is 392 g/mol. The van der Waals surface area contributed by atoms with Gasteiger partial charge in [-0.1, -0.05) is 19.9 Å². The smallest absolute Gasteiger partial charge is 0.338 e. The van der Waals surface area contributed by atoms with Crippen molar-refractivity contribution in [3.8, 4) is 0 Å². The number of epoxide rings is 1. The monoisotopic (exact) mass is 420 g/mol. The minimum atomic E-state index is -0.888. The zero-order valence-corrected chi connectivity index (χ0v) is 17.8. The number of fused-ring (bicyclic) bond motifs is 3. The zero-order chi connectivity index (χ0) is 22.1. The summed E-state index contributed by atoms with van der Waals surface area (Å²) in [5.41, 5.74) is 0.516. The topological polar surface area (TPSA) is 108 Å². The van der Waals surface area contributed by atoms with Crippen LogP contribution < -0.4 is 0 Å². The number of carbonyl (C=O) groups is 4. The first-order valence-corrected chi connectivity index (χ1v) is 10.2. The van der Waals surface area contributed by atoms with Gasteiger partial charge in [-0.25, -0.2) is 4.79 Å². The van der Waals surface area contributed by atoms with Crippen LogP contribution in [0.1, 0.15) is 53.4 Å². The molecule has 0 spiro atoms. The maximum absolute atomic E-state index is 12.6. The largest absolute Gasteiger partial charge is 0.461 e. The third-order valence-corrected chi connectivity index (χ3v) is 5.59. The summed E-state index contributed by atoms with van der Waals surface area (Å²) in [5, 5.41) is 0. The Morgan fingerprint density at radius 1 is 1.37 bits per heavy atom. The first-order chi connectivity index (χ1) is 14.1. The van der Waals surface area contributed by atoms with Crippen LogP contribution in [0, 0.1) is 5.92 Å². The molecule has 0 aromatic heterocycles. The van der Waals surface area contributed by atoms with Gasteiger partial charge in [0, 0.05) is 25.3 Å². The summed E-state index contributed by atoms with van der Waals surface area (Å²) >= 11 is 0. The van der Waals surface area contributed by atoms with E-state index in [0.29, 0.717) is 24.0 Å². The molecule has 0 amide bonds. The highest BCUT2D eigenvalue weighted by Crippen LogP contribution is 2.49. The minimum Gasteiger partial charge on any atom is -0.461 e. The molecule has 4 unspecified atom stereocenters. The fourth-order valence-electron chi connectivity index (χ4n) is 3.99. The van der Waals surface area contributed by atoms with E-state index in [0.717, 1.165) is 6.29 Å². The summed E-state index contributed by atoms with van der Waals surface area (Å²) < 4.78 is 22.3. The molecule has 8 nitrogen and oxygen atoms in total. The summed E-state index contributed by atoms with van der Waals surface area (Å²) in [6.45, 7) is 6.66. The third-order valence-electron chi connectivity index (χ3n) is 5.59. The van der Waals surface area contributed by atoms with Gasteiger partial charge in [0.15, 0.2) is 6.10 Å². The second-order valence-electron chi connectivity index (χ2n) is 8.61. The summed E-state index contributed by atoms with van der Waals surface area (Å²) in [4.78, 5) is 48.1. The highest BCUT2D eigenvalue weighted by Gasteiger charge is 2.61. The molecule has 2 aliphatic heterocycles. The van der Waals surface area contributed by atoms with Gasteiger partial charge in [-0.05, 0) is 31.3 Å². The Labute approximate surface area is 175 Å². The molecule has 3 rings (SSSR count). The van der Waals surface area contributed by atoms with Crippen LogP contribution in [0.4, 0.5) is 0 Å². The Morgan fingerprint density at radius 3 is 2.73 bits per heavy atom. The molecule has 30 heavy (non-hydrogen) atoms. The lowest BCUT2D eigenvalue weighted by Crippen LogP contribution is -2.33. The van der Waals surface area contributed by atoms with Gasteiger partial charge in [0.2, 0.25) is 0 Å². The van der Waals surface area contributed by atoms with Crippen LogP contribution in [0.25, 0.3) is 0 Å². The highest BCUT2D eigenvalue weighted by molar-refractivity contribution is 5.93. The Bertz CT molecular complexity index is 808. The molecule has 1 aliphatic carbocycles. The van der Waals surface area contributed by atoms with Gasteiger partial charge >= 0.3 is 17.9 Å². The quantitative estimate of drug-likeness (QED) is 0.278. The summed E-state index contributed by atoms with van der Waals surface area (Å²) in [5.74, 6) is -1.53. The molecule has 4 atom stereocenters. The lowest BCUT2D eigenvalue weighted by molar-refractivity contribution is -0.149. The first kappa shape index (κ1) is 22.2. The van der Waals surface area contributed by atoms with Crippen molar-refractivity contribution >= 4 is 24.2 Å². The molecule has 0 aromatic rings. The Hall–Kier alpha value is -2.48. The van der Waals surface area contributed by atoms with Crippen molar-refractivity contribution in [2.75, 3.05) is 6.61 Å². The Kier molecular flexibility index (Phi) is 6.45. The number of ether oxygens (including phenoxy) is 4. The van der Waals surface area contributed by atoms with E-state index in [1.54, 1.807) is 0 Å². The van der Waals surface area contributed by atoms with E-state index in [9.17, 15) is 19.2 Å². The summed E-state index contributed by atoms with van der Waals surface area (Å²) in [6, 6.07) is 0. The van der Waals surface area contributed by atoms with Gasteiger partial charge in [-0.3, -0.25) is 14.4 Å². The summed E-state index contributed by atoms with van der Waals surface area (Å²) in [7, 11) is 0. The minimum absolute atomic E-state index is 0.0833. The van der Waals surface area contributed by atoms with Gasteiger partial charge in [0.05, 0.1) is 11.2 Å². The maximum atomic E-state index is 12.6. The predicted octanol–water partition coefficient (Wildman–Crippen LogP) is 2.20. The molecule has 0 radical (unpaired) electrons. The fraction of sp³-hybridized carbons (Fsp3) is 0.636. The molecular formula is C22H28O8. The number of aldehydes is 1. The van der Waals surface area contributed by atoms with Crippen LogP contribution in [-0.2, 0) is 38.1 Å². The molecule has 1 saturated heterocycles. The molecule has 2 heterocycles. The number of carbonyl (C=O) groups excluding carboxylic acids is 4. The van der Waals surface area contributed by atoms with E-state index >= 15 is 0 Å². The van der Waals surface area contributed by atoms with Crippen molar-refractivity contribution in [3.63, 3.8) is 0 Å². The number of hydrogen-bond donors (Lipinski definition) is 0. The predicted molar refractivity (Wildman–Crippen MR) is 104 cm³/mol. The normalized spacial score (nSPS) is 30.6. The maximum Gasteiger partial charge on any atom is 0.338 e. The van der Waals surface area contributed by atoms with Crippen molar-refractivity contribution in [3.05, 3.63) is 22.8 Å². The highest BCUT2D eigenvalue weighted by atomic mass is 16.6. The van der Waals surface area contributed by atoms with Crippen molar-refractivity contribution in [2.24, 2.45) is 5.92 Å². The van der Waals surface area contributed by atoms with Gasteiger partial charge in [0.25, 0.3) is 0 Å². The van der Waals surface area contributed by atoms with E-state index in [2.05, 4.69) is 0 Å². The fourth-order valence-corrected chi connectivity index (χ4v) is 3.99. The van der Waals surface area contributed by atoms with Gasteiger partial charge in [-0.2, -0.15) is 0 Å². The van der Waals surface area contributed by atoms with Crippen molar-refractivity contribution in [1.29, 1.82) is 0 Å². The van der Waals surface area contributed by atoms with Crippen LogP contribution in [0.3, 0.4) is 0 Å². The molecule has 8 heteroatoms. The van der Waals surface area contributed by atoms with E-state index in [1.165, 1.54) is 6.92 Å². The lowest BCUT2D eigenvalue weighted by Gasteiger charge is -2.25. The zero-order valence-electron chi connectivity index (χ0n) is 17.8. The van der Waals surface area contributed by atoms with Gasteiger partial charge in [0.1, 0.15) is 25.1 Å². The van der Waals surface area contributed by atoms with Crippen LogP contribution in [0.2, 0.25) is 0 Å². The molecule has 0 saturated carbocycles. The SMILES string of the molecule is CC(=O)OCC1=C2C(OC(=O)CC(C)C)CC(C=O)=CCCC3(C)OC3C2OC1=O.